The Kier molecular flexibility index (Phi) is 4.30. The van der Waals surface area contributed by atoms with Gasteiger partial charge in [-0.3, -0.25) is 9.89 Å². The van der Waals surface area contributed by atoms with Gasteiger partial charge in [0.2, 0.25) is 5.91 Å². The summed E-state index contributed by atoms with van der Waals surface area (Å²) in [6, 6.07) is 1.80. The molecule has 0 aliphatic heterocycles. The predicted octanol–water partition coefficient (Wildman–Crippen LogP) is 0.902. The highest BCUT2D eigenvalue weighted by molar-refractivity contribution is 5.91. The molecule has 1 unspecified atom stereocenters. The van der Waals surface area contributed by atoms with E-state index in [9.17, 15) is 4.79 Å². The Morgan fingerprint density at radius 3 is 2.93 bits per heavy atom. The van der Waals surface area contributed by atoms with Crippen LogP contribution in [0.2, 0.25) is 0 Å². The Labute approximate surface area is 89.6 Å². The van der Waals surface area contributed by atoms with Crippen molar-refractivity contribution in [1.29, 1.82) is 0 Å². The molecule has 0 fully saturated rings. The highest BCUT2D eigenvalue weighted by atomic mass is 16.1. The summed E-state index contributed by atoms with van der Waals surface area (Å²) in [5.74, 6) is 0.519. The number of hydrogen-bond donors (Lipinski definition) is 3. The second-order valence-corrected chi connectivity index (χ2v) is 3.63. The number of rotatable bonds is 5. The maximum atomic E-state index is 11.6. The van der Waals surface area contributed by atoms with Crippen molar-refractivity contribution >= 4 is 11.7 Å². The van der Waals surface area contributed by atoms with Crippen LogP contribution >= 0.6 is 0 Å². The van der Waals surface area contributed by atoms with Crippen molar-refractivity contribution in [1.82, 2.24) is 15.5 Å². The van der Waals surface area contributed by atoms with E-state index in [1.165, 1.54) is 0 Å². The lowest BCUT2D eigenvalue weighted by Crippen LogP contribution is -2.30. The highest BCUT2D eigenvalue weighted by Crippen LogP contribution is 2.05. The number of hydrogen-bond acceptors (Lipinski definition) is 3. The standard InChI is InChI=1S/C10H18N4O/c1-4-11-6-7(2)10(15)12-9-5-8(3)13-14-9/h5,7,11H,4,6H2,1-3H3,(H2,12,13,14,15). The van der Waals surface area contributed by atoms with Crippen molar-refractivity contribution in [2.45, 2.75) is 20.8 Å². The number of nitrogens with zero attached hydrogens (tertiary/aromatic N) is 1. The minimum atomic E-state index is -0.0537. The fourth-order valence-corrected chi connectivity index (χ4v) is 1.19. The van der Waals surface area contributed by atoms with E-state index < -0.39 is 0 Å². The zero-order chi connectivity index (χ0) is 11.3. The summed E-state index contributed by atoms with van der Waals surface area (Å²) >= 11 is 0. The Morgan fingerprint density at radius 2 is 2.40 bits per heavy atom. The zero-order valence-electron chi connectivity index (χ0n) is 9.42. The molecule has 0 aliphatic rings. The smallest absolute Gasteiger partial charge is 0.229 e. The first-order valence-corrected chi connectivity index (χ1v) is 5.17. The zero-order valence-corrected chi connectivity index (χ0v) is 9.42. The van der Waals surface area contributed by atoms with Gasteiger partial charge in [-0.05, 0) is 13.5 Å². The van der Waals surface area contributed by atoms with Crippen LogP contribution in [0.3, 0.4) is 0 Å². The second-order valence-electron chi connectivity index (χ2n) is 3.63. The van der Waals surface area contributed by atoms with Crippen molar-refractivity contribution in [2.75, 3.05) is 18.4 Å². The molecule has 1 aromatic rings. The minimum Gasteiger partial charge on any atom is -0.316 e. The molecule has 1 rings (SSSR count). The quantitative estimate of drug-likeness (QED) is 0.676. The lowest BCUT2D eigenvalue weighted by molar-refractivity contribution is -0.119. The van der Waals surface area contributed by atoms with Crippen molar-refractivity contribution < 1.29 is 4.79 Å². The van der Waals surface area contributed by atoms with Gasteiger partial charge in [-0.1, -0.05) is 13.8 Å². The third kappa shape index (κ3) is 3.71. The van der Waals surface area contributed by atoms with Crippen LogP contribution in [0.5, 0.6) is 0 Å². The number of carbonyl (C=O) groups is 1. The molecule has 1 atom stereocenters. The van der Waals surface area contributed by atoms with E-state index >= 15 is 0 Å². The van der Waals surface area contributed by atoms with E-state index in [0.717, 1.165) is 12.2 Å². The van der Waals surface area contributed by atoms with Gasteiger partial charge in [-0.15, -0.1) is 0 Å². The monoisotopic (exact) mass is 210 g/mol. The number of anilines is 1. The van der Waals surface area contributed by atoms with Crippen LogP contribution < -0.4 is 10.6 Å². The Balaban J connectivity index is 2.41. The second kappa shape index (κ2) is 5.50. The minimum absolute atomic E-state index is 0.0116. The molecule has 15 heavy (non-hydrogen) atoms. The molecule has 1 amide bonds. The summed E-state index contributed by atoms with van der Waals surface area (Å²) in [5, 5.41) is 12.6. The van der Waals surface area contributed by atoms with Gasteiger partial charge in [0, 0.05) is 24.2 Å². The molecule has 0 aromatic carbocycles. The van der Waals surface area contributed by atoms with E-state index in [0.29, 0.717) is 12.4 Å². The maximum absolute atomic E-state index is 11.6. The van der Waals surface area contributed by atoms with Gasteiger partial charge in [-0.2, -0.15) is 5.10 Å². The average Bonchev–Trinajstić information content (AvgIpc) is 2.60. The van der Waals surface area contributed by atoms with Gasteiger partial charge < -0.3 is 10.6 Å². The molecular formula is C10H18N4O. The molecule has 0 spiro atoms. The van der Waals surface area contributed by atoms with E-state index in [2.05, 4.69) is 20.8 Å². The molecule has 0 saturated carbocycles. The lowest BCUT2D eigenvalue weighted by Gasteiger charge is -2.10. The first-order chi connectivity index (χ1) is 7.13. The molecular weight excluding hydrogens is 192 g/mol. The molecule has 1 aromatic heterocycles. The molecule has 1 heterocycles. The van der Waals surface area contributed by atoms with Crippen LogP contribution in [0.1, 0.15) is 19.5 Å². The van der Waals surface area contributed by atoms with Gasteiger partial charge >= 0.3 is 0 Å². The first kappa shape index (κ1) is 11.7. The molecule has 3 N–H and O–H groups in total. The molecule has 5 heteroatoms. The molecule has 0 saturated heterocycles. The first-order valence-electron chi connectivity index (χ1n) is 5.17. The van der Waals surface area contributed by atoms with Gasteiger partial charge in [0.1, 0.15) is 0 Å². The molecule has 0 radical (unpaired) electrons. The number of aromatic nitrogens is 2. The van der Waals surface area contributed by atoms with Gasteiger partial charge in [0.15, 0.2) is 5.82 Å². The number of amides is 1. The van der Waals surface area contributed by atoms with Crippen LogP contribution in [-0.4, -0.2) is 29.2 Å². The Bertz CT molecular complexity index is 321. The fourth-order valence-electron chi connectivity index (χ4n) is 1.19. The third-order valence-corrected chi connectivity index (χ3v) is 2.11. The summed E-state index contributed by atoms with van der Waals surface area (Å²) in [6.45, 7) is 7.36. The summed E-state index contributed by atoms with van der Waals surface area (Å²) in [5.41, 5.74) is 0.935. The SMILES string of the molecule is CCNCC(C)C(=O)Nc1cc(C)[nH]n1. The van der Waals surface area contributed by atoms with E-state index in [-0.39, 0.29) is 11.8 Å². The number of aromatic amines is 1. The van der Waals surface area contributed by atoms with Crippen molar-refractivity contribution in [2.24, 2.45) is 5.92 Å². The normalized spacial score (nSPS) is 12.5. The largest absolute Gasteiger partial charge is 0.316 e. The Hall–Kier alpha value is -1.36. The fraction of sp³-hybridized carbons (Fsp3) is 0.600. The van der Waals surface area contributed by atoms with Gasteiger partial charge in [-0.25, -0.2) is 0 Å². The summed E-state index contributed by atoms with van der Waals surface area (Å²) in [7, 11) is 0. The Morgan fingerprint density at radius 1 is 1.67 bits per heavy atom. The van der Waals surface area contributed by atoms with E-state index in [1.807, 2.05) is 20.8 Å². The maximum Gasteiger partial charge on any atom is 0.229 e. The summed E-state index contributed by atoms with van der Waals surface area (Å²) in [6.07, 6.45) is 0. The van der Waals surface area contributed by atoms with E-state index in [1.54, 1.807) is 6.07 Å². The van der Waals surface area contributed by atoms with Crippen LogP contribution in [0, 0.1) is 12.8 Å². The number of H-pyrrole nitrogens is 1. The molecule has 0 aliphatic carbocycles. The topological polar surface area (TPSA) is 69.8 Å². The van der Waals surface area contributed by atoms with Crippen molar-refractivity contribution in [3.05, 3.63) is 11.8 Å². The average molecular weight is 210 g/mol. The molecule has 84 valence electrons. The van der Waals surface area contributed by atoms with Crippen LogP contribution in [0.15, 0.2) is 6.07 Å². The van der Waals surface area contributed by atoms with Crippen LogP contribution in [-0.2, 0) is 4.79 Å². The van der Waals surface area contributed by atoms with Gasteiger partial charge in [0.25, 0.3) is 0 Å². The van der Waals surface area contributed by atoms with E-state index in [4.69, 9.17) is 0 Å². The molecule has 5 nitrogen and oxygen atoms in total. The lowest BCUT2D eigenvalue weighted by atomic mass is 10.1. The highest BCUT2D eigenvalue weighted by Gasteiger charge is 2.13. The predicted molar refractivity (Wildman–Crippen MR) is 59.7 cm³/mol. The van der Waals surface area contributed by atoms with Crippen LogP contribution in [0.25, 0.3) is 0 Å². The summed E-state index contributed by atoms with van der Waals surface area (Å²) in [4.78, 5) is 11.6. The van der Waals surface area contributed by atoms with Crippen LogP contribution in [0.4, 0.5) is 5.82 Å². The van der Waals surface area contributed by atoms with Crippen molar-refractivity contribution in [3.8, 4) is 0 Å². The number of aryl methyl sites for hydroxylation is 1. The summed E-state index contributed by atoms with van der Waals surface area (Å²) < 4.78 is 0. The third-order valence-electron chi connectivity index (χ3n) is 2.11. The van der Waals surface area contributed by atoms with Crippen molar-refractivity contribution in [3.63, 3.8) is 0 Å². The number of carbonyl (C=O) groups excluding carboxylic acids is 1. The van der Waals surface area contributed by atoms with Gasteiger partial charge in [0.05, 0.1) is 0 Å². The number of nitrogens with one attached hydrogen (secondary N) is 3. The molecule has 0 bridgehead atoms.